The molecule has 118 valence electrons. The molecular weight excluding hydrogens is 289 g/mol. The summed E-state index contributed by atoms with van der Waals surface area (Å²) >= 11 is 0. The Morgan fingerprint density at radius 2 is 1.87 bits per heavy atom. The molecule has 1 unspecified atom stereocenters. The van der Waals surface area contributed by atoms with Gasteiger partial charge in [0.1, 0.15) is 5.82 Å². The zero-order valence-corrected chi connectivity index (χ0v) is 13.6. The van der Waals surface area contributed by atoms with Crippen molar-refractivity contribution in [3.05, 3.63) is 69.6 Å². The third-order valence-corrected chi connectivity index (χ3v) is 4.54. The van der Waals surface area contributed by atoms with Crippen LogP contribution >= 0.6 is 0 Å². The van der Waals surface area contributed by atoms with Crippen LogP contribution in [0.25, 0.3) is 22.2 Å². The number of para-hydroxylation sites is 1. The zero-order valence-electron chi connectivity index (χ0n) is 13.6. The zero-order chi connectivity index (χ0) is 16.6. The Bertz CT molecular complexity index is 927. The first-order chi connectivity index (χ1) is 11.0. The summed E-state index contributed by atoms with van der Waals surface area (Å²) < 4.78 is 14.2. The number of halogens is 1. The lowest BCUT2D eigenvalue weighted by atomic mass is 9.90. The summed E-state index contributed by atoms with van der Waals surface area (Å²) in [5.74, 6) is -0.300. The molecule has 3 heteroatoms. The minimum absolute atomic E-state index is 0.0779. The SMILES string of the molecule is CCC(C)c1c(-c2ccccc2C)[nH]c2c(F)cccc2c1=O. The molecule has 2 nitrogen and oxygen atoms in total. The Morgan fingerprint density at radius 1 is 1.13 bits per heavy atom. The van der Waals surface area contributed by atoms with Crippen molar-refractivity contribution in [3.63, 3.8) is 0 Å². The van der Waals surface area contributed by atoms with Crippen LogP contribution in [-0.4, -0.2) is 4.98 Å². The van der Waals surface area contributed by atoms with E-state index in [1.807, 2.05) is 38.1 Å². The minimum Gasteiger partial charge on any atom is -0.352 e. The summed E-state index contributed by atoms with van der Waals surface area (Å²) in [6.45, 7) is 6.10. The average molecular weight is 309 g/mol. The highest BCUT2D eigenvalue weighted by atomic mass is 19.1. The lowest BCUT2D eigenvalue weighted by Gasteiger charge is -2.17. The van der Waals surface area contributed by atoms with E-state index in [0.717, 1.165) is 28.8 Å². The fourth-order valence-electron chi connectivity index (χ4n) is 3.03. The Labute approximate surface area is 135 Å². The van der Waals surface area contributed by atoms with Crippen LogP contribution in [-0.2, 0) is 0 Å². The Kier molecular flexibility index (Phi) is 4.03. The van der Waals surface area contributed by atoms with Crippen molar-refractivity contribution in [1.82, 2.24) is 4.98 Å². The van der Waals surface area contributed by atoms with Gasteiger partial charge >= 0.3 is 0 Å². The fraction of sp³-hybridized carbons (Fsp3) is 0.250. The summed E-state index contributed by atoms with van der Waals surface area (Å²) in [5, 5.41) is 0.414. The van der Waals surface area contributed by atoms with Crippen molar-refractivity contribution in [3.8, 4) is 11.3 Å². The normalized spacial score (nSPS) is 12.5. The van der Waals surface area contributed by atoms with Crippen LogP contribution in [0.2, 0.25) is 0 Å². The maximum Gasteiger partial charge on any atom is 0.193 e. The lowest BCUT2D eigenvalue weighted by molar-refractivity contribution is 0.636. The van der Waals surface area contributed by atoms with E-state index < -0.39 is 5.82 Å². The topological polar surface area (TPSA) is 32.9 Å². The third kappa shape index (κ3) is 2.56. The molecule has 1 heterocycles. The summed E-state index contributed by atoms with van der Waals surface area (Å²) in [5.41, 5.74) is 3.68. The highest BCUT2D eigenvalue weighted by Gasteiger charge is 2.20. The molecule has 0 radical (unpaired) electrons. The van der Waals surface area contributed by atoms with Gasteiger partial charge in [-0.05, 0) is 37.0 Å². The Hall–Kier alpha value is -2.42. The molecule has 23 heavy (non-hydrogen) atoms. The van der Waals surface area contributed by atoms with Crippen LogP contribution in [0.5, 0.6) is 0 Å². The van der Waals surface area contributed by atoms with E-state index in [9.17, 15) is 9.18 Å². The third-order valence-electron chi connectivity index (χ3n) is 4.54. The van der Waals surface area contributed by atoms with Gasteiger partial charge in [-0.1, -0.05) is 44.2 Å². The smallest absolute Gasteiger partial charge is 0.193 e. The summed E-state index contributed by atoms with van der Waals surface area (Å²) in [4.78, 5) is 16.2. The van der Waals surface area contributed by atoms with E-state index in [1.54, 1.807) is 12.1 Å². The molecule has 0 fully saturated rings. The maximum absolute atomic E-state index is 14.2. The number of nitrogens with one attached hydrogen (secondary N) is 1. The van der Waals surface area contributed by atoms with Gasteiger partial charge < -0.3 is 4.98 Å². The summed E-state index contributed by atoms with van der Waals surface area (Å²) in [7, 11) is 0. The number of aryl methyl sites for hydroxylation is 1. The van der Waals surface area contributed by atoms with Crippen LogP contribution in [0.15, 0.2) is 47.3 Å². The lowest BCUT2D eigenvalue weighted by Crippen LogP contribution is -2.16. The first-order valence-corrected chi connectivity index (χ1v) is 7.95. The van der Waals surface area contributed by atoms with Crippen LogP contribution in [0, 0.1) is 12.7 Å². The second kappa shape index (κ2) is 5.99. The van der Waals surface area contributed by atoms with E-state index in [-0.39, 0.29) is 16.9 Å². The van der Waals surface area contributed by atoms with Crippen molar-refractivity contribution in [2.24, 2.45) is 0 Å². The summed E-state index contributed by atoms with van der Waals surface area (Å²) in [6, 6.07) is 12.5. The van der Waals surface area contributed by atoms with Gasteiger partial charge in [0, 0.05) is 16.5 Å². The molecule has 2 aromatic carbocycles. The predicted molar refractivity (Wildman–Crippen MR) is 93.4 cm³/mol. The number of pyridine rings is 1. The van der Waals surface area contributed by atoms with E-state index in [2.05, 4.69) is 11.9 Å². The van der Waals surface area contributed by atoms with E-state index >= 15 is 0 Å². The standard InChI is InChI=1S/C20H20FNO/c1-4-12(2)17-19(14-9-6-5-8-13(14)3)22-18-15(20(17)23)10-7-11-16(18)21/h5-12H,4H2,1-3H3,(H,22,23). The number of rotatable bonds is 3. The number of aromatic amines is 1. The molecule has 0 spiro atoms. The van der Waals surface area contributed by atoms with Gasteiger partial charge in [0.25, 0.3) is 0 Å². The molecule has 3 aromatic rings. The van der Waals surface area contributed by atoms with Gasteiger partial charge in [-0.3, -0.25) is 4.79 Å². The number of aromatic nitrogens is 1. The van der Waals surface area contributed by atoms with Gasteiger partial charge in [0.05, 0.1) is 11.2 Å². The summed E-state index contributed by atoms with van der Waals surface area (Å²) in [6.07, 6.45) is 0.850. The van der Waals surface area contributed by atoms with Gasteiger partial charge in [-0.25, -0.2) is 4.39 Å². The van der Waals surface area contributed by atoms with Gasteiger partial charge in [-0.15, -0.1) is 0 Å². The monoisotopic (exact) mass is 309 g/mol. The first kappa shape index (κ1) is 15.5. The molecule has 0 amide bonds. The van der Waals surface area contributed by atoms with Crippen molar-refractivity contribution in [1.29, 1.82) is 0 Å². The molecule has 1 N–H and O–H groups in total. The van der Waals surface area contributed by atoms with E-state index in [1.165, 1.54) is 6.07 Å². The van der Waals surface area contributed by atoms with Gasteiger partial charge in [0.2, 0.25) is 0 Å². The molecule has 0 bridgehead atoms. The van der Waals surface area contributed by atoms with Crippen molar-refractivity contribution in [2.75, 3.05) is 0 Å². The highest BCUT2D eigenvalue weighted by molar-refractivity contribution is 5.84. The van der Waals surface area contributed by atoms with Crippen molar-refractivity contribution in [2.45, 2.75) is 33.1 Å². The van der Waals surface area contributed by atoms with Crippen molar-refractivity contribution < 1.29 is 4.39 Å². The fourth-order valence-corrected chi connectivity index (χ4v) is 3.03. The van der Waals surface area contributed by atoms with Crippen LogP contribution in [0.4, 0.5) is 4.39 Å². The molecular formula is C20H20FNO. The number of H-pyrrole nitrogens is 1. The largest absolute Gasteiger partial charge is 0.352 e. The van der Waals surface area contributed by atoms with Gasteiger partial charge in [0.15, 0.2) is 5.43 Å². The minimum atomic E-state index is -0.398. The molecule has 0 aliphatic heterocycles. The molecule has 0 aliphatic rings. The highest BCUT2D eigenvalue weighted by Crippen LogP contribution is 2.31. The molecule has 1 atom stereocenters. The predicted octanol–water partition coefficient (Wildman–Crippen LogP) is 5.16. The molecule has 1 aromatic heterocycles. The number of benzene rings is 2. The van der Waals surface area contributed by atoms with E-state index in [0.29, 0.717) is 5.39 Å². The molecule has 0 saturated carbocycles. The average Bonchev–Trinajstić information content (AvgIpc) is 2.55. The number of hydrogen-bond donors (Lipinski definition) is 1. The second-order valence-electron chi connectivity index (χ2n) is 6.03. The van der Waals surface area contributed by atoms with E-state index in [4.69, 9.17) is 0 Å². The van der Waals surface area contributed by atoms with Crippen LogP contribution in [0.1, 0.15) is 37.3 Å². The molecule has 0 saturated heterocycles. The Morgan fingerprint density at radius 3 is 2.57 bits per heavy atom. The number of hydrogen-bond acceptors (Lipinski definition) is 1. The van der Waals surface area contributed by atoms with Crippen LogP contribution in [0.3, 0.4) is 0 Å². The molecule has 0 aliphatic carbocycles. The van der Waals surface area contributed by atoms with Gasteiger partial charge in [-0.2, -0.15) is 0 Å². The second-order valence-corrected chi connectivity index (χ2v) is 6.03. The quantitative estimate of drug-likeness (QED) is 0.712. The van der Waals surface area contributed by atoms with Crippen molar-refractivity contribution >= 4 is 10.9 Å². The van der Waals surface area contributed by atoms with Crippen LogP contribution < -0.4 is 5.43 Å². The molecule has 3 rings (SSSR count). The Balaban J connectivity index is 2.46. The maximum atomic E-state index is 14.2. The first-order valence-electron chi connectivity index (χ1n) is 7.95. The number of fused-ring (bicyclic) bond motifs is 1.